The number of hydrogen-bond acceptors (Lipinski definition) is 2. The zero-order valence-corrected chi connectivity index (χ0v) is 11.5. The Bertz CT molecular complexity index is 305. The zero-order chi connectivity index (χ0) is 12.4. The van der Waals surface area contributed by atoms with Gasteiger partial charge >= 0.3 is 0 Å². The fourth-order valence-electron chi connectivity index (χ4n) is 3.29. The molecule has 3 rings (SSSR count). The number of likely N-dealkylation sites (tertiary alicyclic amines) is 1. The van der Waals surface area contributed by atoms with Gasteiger partial charge < -0.3 is 10.6 Å². The Balaban J connectivity index is 1.45. The Morgan fingerprint density at radius 2 is 1.72 bits per heavy atom. The molecule has 4 heteroatoms. The first-order valence-corrected chi connectivity index (χ1v) is 7.59. The van der Waals surface area contributed by atoms with Gasteiger partial charge in [0.1, 0.15) is 0 Å². The topological polar surface area (TPSA) is 39.7 Å². The van der Waals surface area contributed by atoms with E-state index in [9.17, 15) is 0 Å². The normalized spacial score (nSPS) is 30.9. The van der Waals surface area contributed by atoms with Crippen LogP contribution in [0, 0.1) is 0 Å². The number of nitrogens with one attached hydrogen (secondary N) is 2. The molecule has 1 heterocycles. The molecule has 3 aliphatic rings. The number of nitrogens with zero attached hydrogens (tertiary/aromatic N) is 2. The average molecular weight is 250 g/mol. The van der Waals surface area contributed by atoms with E-state index in [4.69, 9.17) is 0 Å². The molecule has 2 aliphatic carbocycles. The fourth-order valence-corrected chi connectivity index (χ4v) is 3.29. The molecule has 0 spiro atoms. The quantitative estimate of drug-likeness (QED) is 0.586. The van der Waals surface area contributed by atoms with Gasteiger partial charge in [-0.25, -0.2) is 0 Å². The number of guanidine groups is 1. The van der Waals surface area contributed by atoms with E-state index in [1.807, 2.05) is 7.05 Å². The van der Waals surface area contributed by atoms with Crippen molar-refractivity contribution in [1.82, 2.24) is 15.5 Å². The van der Waals surface area contributed by atoms with E-state index >= 15 is 0 Å². The Kier molecular flexibility index (Phi) is 3.73. The molecule has 1 aliphatic heterocycles. The molecule has 0 aromatic heterocycles. The van der Waals surface area contributed by atoms with Crippen molar-refractivity contribution in [2.24, 2.45) is 4.99 Å². The third-order valence-corrected chi connectivity index (χ3v) is 4.54. The third-order valence-electron chi connectivity index (χ3n) is 4.54. The predicted octanol–water partition coefficient (Wildman–Crippen LogP) is 1.33. The first-order valence-electron chi connectivity index (χ1n) is 7.59. The average Bonchev–Trinajstić information content (AvgIpc) is 2.87. The van der Waals surface area contributed by atoms with E-state index in [0.717, 1.165) is 12.0 Å². The highest BCUT2D eigenvalue weighted by Gasteiger charge is 2.31. The van der Waals surface area contributed by atoms with E-state index in [1.165, 1.54) is 58.0 Å². The van der Waals surface area contributed by atoms with Crippen LogP contribution < -0.4 is 10.6 Å². The van der Waals surface area contributed by atoms with Gasteiger partial charge in [0.05, 0.1) is 0 Å². The van der Waals surface area contributed by atoms with E-state index in [2.05, 4.69) is 20.5 Å². The minimum Gasteiger partial charge on any atom is -0.354 e. The van der Waals surface area contributed by atoms with E-state index in [1.54, 1.807) is 0 Å². The molecule has 0 aromatic carbocycles. The van der Waals surface area contributed by atoms with E-state index in [0.29, 0.717) is 12.1 Å². The van der Waals surface area contributed by atoms with Crippen molar-refractivity contribution >= 4 is 5.96 Å². The van der Waals surface area contributed by atoms with Crippen molar-refractivity contribution in [1.29, 1.82) is 0 Å². The van der Waals surface area contributed by atoms with Crippen LogP contribution in [0.2, 0.25) is 0 Å². The molecule has 0 amide bonds. The van der Waals surface area contributed by atoms with Crippen molar-refractivity contribution in [3.05, 3.63) is 0 Å². The van der Waals surface area contributed by atoms with Crippen LogP contribution in [-0.4, -0.2) is 49.1 Å². The van der Waals surface area contributed by atoms with Gasteiger partial charge in [0.15, 0.2) is 5.96 Å². The predicted molar refractivity (Wildman–Crippen MR) is 74.9 cm³/mol. The summed E-state index contributed by atoms with van der Waals surface area (Å²) in [4.78, 5) is 7.02. The van der Waals surface area contributed by atoms with Crippen molar-refractivity contribution in [2.45, 2.75) is 63.1 Å². The second kappa shape index (κ2) is 5.47. The molecule has 4 nitrogen and oxygen atoms in total. The van der Waals surface area contributed by atoms with Crippen LogP contribution in [0.5, 0.6) is 0 Å². The van der Waals surface area contributed by atoms with Crippen LogP contribution >= 0.6 is 0 Å². The second-order valence-electron chi connectivity index (χ2n) is 6.05. The fraction of sp³-hybridized carbons (Fsp3) is 0.929. The smallest absolute Gasteiger partial charge is 0.191 e. The maximum Gasteiger partial charge on any atom is 0.191 e. The SMILES string of the molecule is CN=C(NC1CC1)NC1CCN(C2CCCC2)C1. The van der Waals surface area contributed by atoms with Gasteiger partial charge in [-0.15, -0.1) is 0 Å². The van der Waals surface area contributed by atoms with Crippen molar-refractivity contribution in [2.75, 3.05) is 20.1 Å². The van der Waals surface area contributed by atoms with Gasteiger partial charge in [0.2, 0.25) is 0 Å². The maximum absolute atomic E-state index is 4.33. The second-order valence-corrected chi connectivity index (χ2v) is 6.05. The summed E-state index contributed by atoms with van der Waals surface area (Å²) >= 11 is 0. The van der Waals surface area contributed by atoms with Crippen LogP contribution in [0.4, 0.5) is 0 Å². The summed E-state index contributed by atoms with van der Waals surface area (Å²) < 4.78 is 0. The standard InChI is InChI=1S/C14H26N4/c1-15-14(16-11-6-7-11)17-12-8-9-18(10-12)13-4-2-3-5-13/h11-13H,2-10H2,1H3,(H2,15,16,17). The molecule has 2 N–H and O–H groups in total. The van der Waals surface area contributed by atoms with Crippen LogP contribution in [0.1, 0.15) is 44.9 Å². The minimum atomic E-state index is 0.593. The van der Waals surface area contributed by atoms with Gasteiger partial charge in [-0.2, -0.15) is 0 Å². The van der Waals surface area contributed by atoms with Crippen LogP contribution in [-0.2, 0) is 0 Å². The minimum absolute atomic E-state index is 0.593. The number of hydrogen-bond donors (Lipinski definition) is 2. The first kappa shape index (κ1) is 12.3. The summed E-state index contributed by atoms with van der Waals surface area (Å²) in [5.74, 6) is 1.01. The van der Waals surface area contributed by atoms with Gasteiger partial charge in [-0.3, -0.25) is 9.89 Å². The molecule has 3 fully saturated rings. The Labute approximate surface area is 110 Å². The van der Waals surface area contributed by atoms with Gasteiger partial charge in [-0.05, 0) is 32.1 Å². The summed E-state index contributed by atoms with van der Waals surface area (Å²) in [5, 5.41) is 7.06. The molecule has 2 saturated carbocycles. The summed E-state index contributed by atoms with van der Waals surface area (Å²) in [6.45, 7) is 2.47. The molecule has 0 aromatic rings. The Hall–Kier alpha value is -0.770. The molecule has 1 unspecified atom stereocenters. The Morgan fingerprint density at radius 1 is 1.00 bits per heavy atom. The molecule has 1 atom stereocenters. The largest absolute Gasteiger partial charge is 0.354 e. The highest BCUT2D eigenvalue weighted by Crippen LogP contribution is 2.26. The monoisotopic (exact) mass is 250 g/mol. The summed E-state index contributed by atoms with van der Waals surface area (Å²) in [6.07, 6.45) is 9.58. The van der Waals surface area contributed by atoms with Gasteiger partial charge in [0.25, 0.3) is 0 Å². The van der Waals surface area contributed by atoms with Crippen LogP contribution in [0.15, 0.2) is 4.99 Å². The third kappa shape index (κ3) is 2.97. The highest BCUT2D eigenvalue weighted by molar-refractivity contribution is 5.80. The van der Waals surface area contributed by atoms with Gasteiger partial charge in [0, 0.05) is 38.3 Å². The van der Waals surface area contributed by atoms with Crippen molar-refractivity contribution in [3.63, 3.8) is 0 Å². The maximum atomic E-state index is 4.33. The molecule has 0 bridgehead atoms. The lowest BCUT2D eigenvalue weighted by Gasteiger charge is -2.24. The first-order chi connectivity index (χ1) is 8.85. The lowest BCUT2D eigenvalue weighted by atomic mass is 10.2. The van der Waals surface area contributed by atoms with E-state index < -0.39 is 0 Å². The molecule has 18 heavy (non-hydrogen) atoms. The van der Waals surface area contributed by atoms with Crippen molar-refractivity contribution < 1.29 is 0 Å². The number of aliphatic imine (C=N–C) groups is 1. The van der Waals surface area contributed by atoms with Crippen molar-refractivity contribution in [3.8, 4) is 0 Å². The molecular weight excluding hydrogens is 224 g/mol. The highest BCUT2D eigenvalue weighted by atomic mass is 15.3. The summed E-state index contributed by atoms with van der Waals surface area (Å²) in [7, 11) is 1.88. The lowest BCUT2D eigenvalue weighted by molar-refractivity contribution is 0.242. The summed E-state index contributed by atoms with van der Waals surface area (Å²) in [6, 6.07) is 2.15. The van der Waals surface area contributed by atoms with E-state index in [-0.39, 0.29) is 0 Å². The number of rotatable bonds is 3. The molecule has 0 radical (unpaired) electrons. The Morgan fingerprint density at radius 3 is 2.39 bits per heavy atom. The summed E-state index contributed by atoms with van der Waals surface area (Å²) in [5.41, 5.74) is 0. The molecule has 1 saturated heterocycles. The van der Waals surface area contributed by atoms with Crippen LogP contribution in [0.25, 0.3) is 0 Å². The van der Waals surface area contributed by atoms with Gasteiger partial charge in [-0.1, -0.05) is 12.8 Å². The lowest BCUT2D eigenvalue weighted by Crippen LogP contribution is -2.45. The molecular formula is C14H26N4. The zero-order valence-electron chi connectivity index (χ0n) is 11.5. The van der Waals surface area contributed by atoms with Crippen LogP contribution in [0.3, 0.4) is 0 Å². The molecule has 102 valence electrons.